The first-order valence-electron chi connectivity index (χ1n) is 6.44. The Morgan fingerprint density at radius 3 is 2.62 bits per heavy atom. The van der Waals surface area contributed by atoms with Gasteiger partial charge in [0.2, 0.25) is 0 Å². The molecule has 1 aromatic carbocycles. The van der Waals surface area contributed by atoms with Crippen LogP contribution in [0.2, 0.25) is 0 Å². The summed E-state index contributed by atoms with van der Waals surface area (Å²) >= 11 is 0. The highest BCUT2D eigenvalue weighted by Crippen LogP contribution is 2.28. The summed E-state index contributed by atoms with van der Waals surface area (Å²) in [4.78, 5) is 10.4. The van der Waals surface area contributed by atoms with Crippen molar-refractivity contribution in [1.29, 1.82) is 5.26 Å². The molecule has 0 spiro atoms. The van der Waals surface area contributed by atoms with Gasteiger partial charge in [-0.1, -0.05) is 0 Å². The second kappa shape index (κ2) is 5.67. The number of rotatable bonds is 4. The summed E-state index contributed by atoms with van der Waals surface area (Å²) in [5.41, 5.74) is 1.44. The first-order chi connectivity index (χ1) is 9.92. The van der Waals surface area contributed by atoms with Gasteiger partial charge in [-0.15, -0.1) is 0 Å². The van der Waals surface area contributed by atoms with Gasteiger partial charge in [0.15, 0.2) is 0 Å². The van der Waals surface area contributed by atoms with Crippen molar-refractivity contribution >= 4 is 11.4 Å². The Bertz CT molecular complexity index is 728. The van der Waals surface area contributed by atoms with E-state index in [1.165, 1.54) is 12.1 Å². The number of aryl methyl sites for hydroxylation is 2. The number of nitrogens with zero attached hydrogens (tertiary/aromatic N) is 2. The minimum atomic E-state index is -0.554. The van der Waals surface area contributed by atoms with Crippen LogP contribution in [0.15, 0.2) is 28.7 Å². The largest absolute Gasteiger partial charge is 0.466 e. The number of hydrogen-bond donors (Lipinski definition) is 1. The normalized spacial score (nSPS) is 11.7. The van der Waals surface area contributed by atoms with Crippen LogP contribution in [0, 0.1) is 35.3 Å². The lowest BCUT2D eigenvalue weighted by Crippen LogP contribution is -2.07. The molecule has 1 atom stereocenters. The summed E-state index contributed by atoms with van der Waals surface area (Å²) in [7, 11) is 0. The molecule has 0 saturated heterocycles. The fourth-order valence-electron chi connectivity index (χ4n) is 2.28. The predicted octanol–water partition coefficient (Wildman–Crippen LogP) is 3.85. The molecule has 1 heterocycles. The Labute approximate surface area is 122 Å². The number of hydrogen-bond acceptors (Lipinski definition) is 5. The summed E-state index contributed by atoms with van der Waals surface area (Å²) in [6, 6.07) is 8.17. The first kappa shape index (κ1) is 14.6. The minimum Gasteiger partial charge on any atom is -0.466 e. The molecule has 1 aromatic heterocycles. The quantitative estimate of drug-likeness (QED) is 0.680. The van der Waals surface area contributed by atoms with E-state index >= 15 is 0 Å². The van der Waals surface area contributed by atoms with Crippen molar-refractivity contribution in [2.24, 2.45) is 0 Å². The van der Waals surface area contributed by atoms with Gasteiger partial charge < -0.3 is 9.73 Å². The molecule has 6 nitrogen and oxygen atoms in total. The zero-order valence-corrected chi connectivity index (χ0v) is 12.0. The molecule has 1 unspecified atom stereocenters. The Kier molecular flexibility index (Phi) is 3.94. The van der Waals surface area contributed by atoms with E-state index in [-0.39, 0.29) is 17.3 Å². The van der Waals surface area contributed by atoms with Gasteiger partial charge in [-0.05, 0) is 39.0 Å². The Balaban J connectivity index is 2.28. The molecule has 0 aliphatic heterocycles. The van der Waals surface area contributed by atoms with Crippen LogP contribution in [0.3, 0.4) is 0 Å². The van der Waals surface area contributed by atoms with Crippen molar-refractivity contribution in [1.82, 2.24) is 0 Å². The molecule has 1 N–H and O–H groups in total. The Hall–Kier alpha value is -2.81. The fraction of sp³-hybridized carbons (Fsp3) is 0.267. The lowest BCUT2D eigenvalue weighted by molar-refractivity contribution is -0.385. The molecule has 2 rings (SSSR count). The molecule has 6 heteroatoms. The highest BCUT2D eigenvalue weighted by molar-refractivity contribution is 5.59. The standard InChI is InChI=1S/C15H15N3O3/c1-9-6-14(11(3)21-9)10(2)17-13-5-4-12(8-16)15(7-13)18(19)20/h4-7,10,17H,1-3H3. The molecule has 0 fully saturated rings. The summed E-state index contributed by atoms with van der Waals surface area (Å²) in [5.74, 6) is 1.64. The highest BCUT2D eigenvalue weighted by atomic mass is 16.6. The van der Waals surface area contributed by atoms with E-state index in [0.717, 1.165) is 17.1 Å². The maximum Gasteiger partial charge on any atom is 0.289 e. The summed E-state index contributed by atoms with van der Waals surface area (Å²) in [5, 5.41) is 23.0. The second-order valence-electron chi connectivity index (χ2n) is 4.84. The van der Waals surface area contributed by atoms with Crippen molar-refractivity contribution in [3.63, 3.8) is 0 Å². The molecule has 108 valence electrons. The number of furan rings is 1. The summed E-state index contributed by atoms with van der Waals surface area (Å²) in [6.07, 6.45) is 0. The van der Waals surface area contributed by atoms with E-state index in [2.05, 4.69) is 5.32 Å². The van der Waals surface area contributed by atoms with Gasteiger partial charge in [0.25, 0.3) is 5.69 Å². The molecule has 2 aromatic rings. The van der Waals surface area contributed by atoms with Crippen molar-refractivity contribution in [2.75, 3.05) is 5.32 Å². The smallest absolute Gasteiger partial charge is 0.289 e. The Morgan fingerprint density at radius 1 is 1.38 bits per heavy atom. The second-order valence-corrected chi connectivity index (χ2v) is 4.84. The molecule has 0 radical (unpaired) electrons. The van der Waals surface area contributed by atoms with Crippen LogP contribution in [0.5, 0.6) is 0 Å². The minimum absolute atomic E-state index is 0.0496. The third-order valence-corrected chi connectivity index (χ3v) is 3.24. The van der Waals surface area contributed by atoms with Gasteiger partial charge in [-0.3, -0.25) is 10.1 Å². The van der Waals surface area contributed by atoms with E-state index in [1.807, 2.05) is 32.9 Å². The average Bonchev–Trinajstić information content (AvgIpc) is 2.77. The zero-order chi connectivity index (χ0) is 15.6. The molecular formula is C15H15N3O3. The van der Waals surface area contributed by atoms with Crippen LogP contribution < -0.4 is 5.32 Å². The predicted molar refractivity (Wildman–Crippen MR) is 78.0 cm³/mol. The maximum atomic E-state index is 11.0. The van der Waals surface area contributed by atoms with E-state index in [0.29, 0.717) is 5.69 Å². The number of nitriles is 1. The number of benzene rings is 1. The van der Waals surface area contributed by atoms with E-state index < -0.39 is 4.92 Å². The van der Waals surface area contributed by atoms with E-state index in [1.54, 1.807) is 6.07 Å². The van der Waals surface area contributed by atoms with Gasteiger partial charge in [0.05, 0.1) is 11.0 Å². The molecule has 0 aliphatic rings. The SMILES string of the molecule is Cc1cc(C(C)Nc2ccc(C#N)c([N+](=O)[O-])c2)c(C)o1. The van der Waals surface area contributed by atoms with Crippen LogP contribution in [-0.4, -0.2) is 4.92 Å². The monoisotopic (exact) mass is 285 g/mol. The Morgan fingerprint density at radius 2 is 2.10 bits per heavy atom. The molecule has 0 amide bonds. The van der Waals surface area contributed by atoms with Crippen LogP contribution in [-0.2, 0) is 0 Å². The van der Waals surface area contributed by atoms with Crippen molar-refractivity contribution in [3.05, 3.63) is 57.0 Å². The number of nitrogens with one attached hydrogen (secondary N) is 1. The third kappa shape index (κ3) is 3.03. The topological polar surface area (TPSA) is 92.1 Å². The third-order valence-electron chi connectivity index (χ3n) is 3.24. The summed E-state index contributed by atoms with van der Waals surface area (Å²) in [6.45, 7) is 5.69. The van der Waals surface area contributed by atoms with Crippen LogP contribution in [0.25, 0.3) is 0 Å². The van der Waals surface area contributed by atoms with Crippen molar-refractivity contribution in [2.45, 2.75) is 26.8 Å². The number of anilines is 1. The van der Waals surface area contributed by atoms with E-state index in [9.17, 15) is 10.1 Å². The fourth-order valence-corrected chi connectivity index (χ4v) is 2.28. The average molecular weight is 285 g/mol. The zero-order valence-electron chi connectivity index (χ0n) is 12.0. The van der Waals surface area contributed by atoms with Gasteiger partial charge in [-0.25, -0.2) is 0 Å². The highest BCUT2D eigenvalue weighted by Gasteiger charge is 2.17. The molecular weight excluding hydrogens is 270 g/mol. The van der Waals surface area contributed by atoms with Crippen molar-refractivity contribution < 1.29 is 9.34 Å². The van der Waals surface area contributed by atoms with Crippen LogP contribution in [0.1, 0.15) is 35.6 Å². The first-order valence-corrected chi connectivity index (χ1v) is 6.44. The maximum absolute atomic E-state index is 11.0. The molecule has 21 heavy (non-hydrogen) atoms. The van der Waals surface area contributed by atoms with Gasteiger partial charge in [-0.2, -0.15) is 5.26 Å². The van der Waals surface area contributed by atoms with Gasteiger partial charge in [0, 0.05) is 17.3 Å². The lowest BCUT2D eigenvalue weighted by Gasteiger charge is -2.14. The van der Waals surface area contributed by atoms with Crippen LogP contribution >= 0.6 is 0 Å². The van der Waals surface area contributed by atoms with Crippen LogP contribution in [0.4, 0.5) is 11.4 Å². The lowest BCUT2D eigenvalue weighted by atomic mass is 10.1. The molecule has 0 aliphatic carbocycles. The number of nitro benzene ring substituents is 1. The molecule has 0 saturated carbocycles. The molecule has 0 bridgehead atoms. The van der Waals surface area contributed by atoms with Crippen molar-refractivity contribution in [3.8, 4) is 6.07 Å². The van der Waals surface area contributed by atoms with E-state index in [4.69, 9.17) is 9.68 Å². The number of nitro groups is 1. The van der Waals surface area contributed by atoms with Gasteiger partial charge >= 0.3 is 0 Å². The van der Waals surface area contributed by atoms with Gasteiger partial charge in [0.1, 0.15) is 23.2 Å². The summed E-state index contributed by atoms with van der Waals surface area (Å²) < 4.78 is 5.48.